The van der Waals surface area contributed by atoms with Crippen LogP contribution in [0.3, 0.4) is 0 Å². The van der Waals surface area contributed by atoms with E-state index < -0.39 is 0 Å². The summed E-state index contributed by atoms with van der Waals surface area (Å²) in [5.74, 6) is 0.256. The van der Waals surface area contributed by atoms with Crippen molar-refractivity contribution in [3.05, 3.63) is 29.8 Å². The van der Waals surface area contributed by atoms with Crippen molar-refractivity contribution in [1.29, 1.82) is 0 Å². The quantitative estimate of drug-likeness (QED) is 0.832. The molecule has 0 bridgehead atoms. The number of carbonyl (C=O) groups is 1. The number of nitrogens with zero attached hydrogens (tertiary/aromatic N) is 2. The van der Waals surface area contributed by atoms with Gasteiger partial charge in [0, 0.05) is 6.54 Å². The molecule has 5 nitrogen and oxygen atoms in total. The van der Waals surface area contributed by atoms with Crippen LogP contribution in [0.1, 0.15) is 32.1 Å². The van der Waals surface area contributed by atoms with Crippen molar-refractivity contribution in [2.45, 2.75) is 26.3 Å². The fourth-order valence-electron chi connectivity index (χ4n) is 2.10. The molecule has 0 aliphatic heterocycles. The number of imidazole rings is 1. The second kappa shape index (κ2) is 6.67. The molecule has 0 saturated carbocycles. The Balaban J connectivity index is 2.03. The normalized spacial score (nSPS) is 12.8. The molecule has 0 radical (unpaired) electrons. The van der Waals surface area contributed by atoms with Crippen molar-refractivity contribution in [3.63, 3.8) is 0 Å². The standard InChI is InChI=1S/C15H20FN3O2/c1-4-21-14(20)7-8-19(3)10(2)15-17-12-6-5-11(16)9-13(12)18-15/h5-6,9-10H,4,7-8H2,1-3H3,(H,17,18). The fourth-order valence-corrected chi connectivity index (χ4v) is 2.10. The number of halogens is 1. The lowest BCUT2D eigenvalue weighted by Crippen LogP contribution is -2.26. The molecular formula is C15H20FN3O2. The van der Waals surface area contributed by atoms with Gasteiger partial charge in [-0.25, -0.2) is 9.37 Å². The molecule has 0 aliphatic rings. The predicted octanol–water partition coefficient (Wildman–Crippen LogP) is 2.65. The molecule has 21 heavy (non-hydrogen) atoms. The zero-order chi connectivity index (χ0) is 15.4. The maximum atomic E-state index is 13.2. The Morgan fingerprint density at radius 1 is 1.52 bits per heavy atom. The molecule has 0 spiro atoms. The van der Waals surface area contributed by atoms with Gasteiger partial charge in [0.1, 0.15) is 11.6 Å². The van der Waals surface area contributed by atoms with Crippen molar-refractivity contribution in [3.8, 4) is 0 Å². The van der Waals surface area contributed by atoms with E-state index in [0.29, 0.717) is 25.1 Å². The Morgan fingerprint density at radius 2 is 2.29 bits per heavy atom. The summed E-state index contributed by atoms with van der Waals surface area (Å²) in [5, 5.41) is 0. The number of fused-ring (bicyclic) bond motifs is 1. The summed E-state index contributed by atoms with van der Waals surface area (Å²) >= 11 is 0. The van der Waals surface area contributed by atoms with E-state index in [1.807, 2.05) is 18.9 Å². The Hall–Kier alpha value is -1.95. The molecule has 1 aromatic heterocycles. The molecule has 1 heterocycles. The summed E-state index contributed by atoms with van der Waals surface area (Å²) in [6.45, 7) is 4.75. The van der Waals surface area contributed by atoms with Crippen molar-refractivity contribution in [1.82, 2.24) is 14.9 Å². The van der Waals surface area contributed by atoms with Crippen LogP contribution < -0.4 is 0 Å². The molecule has 0 saturated heterocycles. The number of rotatable bonds is 6. The van der Waals surface area contributed by atoms with Crippen LogP contribution in [0.2, 0.25) is 0 Å². The van der Waals surface area contributed by atoms with Crippen LogP contribution in [0, 0.1) is 5.82 Å². The van der Waals surface area contributed by atoms with Gasteiger partial charge in [0.05, 0.1) is 30.1 Å². The third kappa shape index (κ3) is 3.78. The zero-order valence-corrected chi connectivity index (χ0v) is 12.5. The lowest BCUT2D eigenvalue weighted by atomic mass is 10.2. The number of nitrogens with one attached hydrogen (secondary N) is 1. The SMILES string of the molecule is CCOC(=O)CCN(C)C(C)c1nc2ccc(F)cc2[nH]1. The minimum atomic E-state index is -0.291. The molecule has 2 rings (SSSR count). The minimum Gasteiger partial charge on any atom is -0.466 e. The molecule has 6 heteroatoms. The maximum Gasteiger partial charge on any atom is 0.307 e. The van der Waals surface area contributed by atoms with Crippen molar-refractivity contribution >= 4 is 17.0 Å². The highest BCUT2D eigenvalue weighted by atomic mass is 19.1. The Bertz CT molecular complexity index is 626. The molecule has 1 unspecified atom stereocenters. The van der Waals surface area contributed by atoms with Gasteiger partial charge in [0.15, 0.2) is 0 Å². The second-order valence-electron chi connectivity index (χ2n) is 5.00. The molecule has 0 fully saturated rings. The molecule has 114 valence electrons. The zero-order valence-electron chi connectivity index (χ0n) is 12.5. The summed E-state index contributed by atoms with van der Waals surface area (Å²) in [4.78, 5) is 21.0. The minimum absolute atomic E-state index is 0.00473. The number of ether oxygens (including phenoxy) is 1. The Kier molecular flexibility index (Phi) is 4.90. The van der Waals surface area contributed by atoms with E-state index in [0.717, 1.165) is 11.3 Å². The summed E-state index contributed by atoms with van der Waals surface area (Å²) in [6.07, 6.45) is 0.337. The predicted molar refractivity (Wildman–Crippen MR) is 78.3 cm³/mol. The van der Waals surface area contributed by atoms with Gasteiger partial charge < -0.3 is 9.72 Å². The number of hydrogen-bond donors (Lipinski definition) is 1. The lowest BCUT2D eigenvalue weighted by molar-refractivity contribution is -0.143. The highest BCUT2D eigenvalue weighted by Gasteiger charge is 2.17. The molecular weight excluding hydrogens is 273 g/mol. The smallest absolute Gasteiger partial charge is 0.307 e. The average Bonchev–Trinajstić information content (AvgIpc) is 2.87. The molecule has 0 amide bonds. The largest absolute Gasteiger partial charge is 0.466 e. The van der Waals surface area contributed by atoms with Crippen molar-refractivity contribution < 1.29 is 13.9 Å². The number of H-pyrrole nitrogens is 1. The summed E-state index contributed by atoms with van der Waals surface area (Å²) < 4.78 is 18.1. The van der Waals surface area contributed by atoms with Gasteiger partial charge in [-0.2, -0.15) is 0 Å². The van der Waals surface area contributed by atoms with Crippen LogP contribution >= 0.6 is 0 Å². The average molecular weight is 293 g/mol. The van der Waals surface area contributed by atoms with E-state index in [2.05, 4.69) is 9.97 Å². The number of esters is 1. The first-order valence-corrected chi connectivity index (χ1v) is 7.02. The first-order chi connectivity index (χ1) is 10.0. The van der Waals surface area contributed by atoms with Crippen molar-refractivity contribution in [2.24, 2.45) is 0 Å². The first-order valence-electron chi connectivity index (χ1n) is 7.02. The van der Waals surface area contributed by atoms with Gasteiger partial charge in [-0.3, -0.25) is 9.69 Å². The van der Waals surface area contributed by atoms with Gasteiger partial charge in [-0.15, -0.1) is 0 Å². The van der Waals surface area contributed by atoms with E-state index in [1.165, 1.54) is 12.1 Å². The summed E-state index contributed by atoms with van der Waals surface area (Å²) in [7, 11) is 1.91. The number of aromatic amines is 1. The van der Waals surface area contributed by atoms with Gasteiger partial charge in [-0.1, -0.05) is 0 Å². The van der Waals surface area contributed by atoms with Crippen LogP contribution in [0.5, 0.6) is 0 Å². The second-order valence-corrected chi connectivity index (χ2v) is 5.00. The monoisotopic (exact) mass is 293 g/mol. The maximum absolute atomic E-state index is 13.2. The highest BCUT2D eigenvalue weighted by molar-refractivity contribution is 5.75. The topological polar surface area (TPSA) is 58.2 Å². The van der Waals surface area contributed by atoms with E-state index in [-0.39, 0.29) is 17.8 Å². The fraction of sp³-hybridized carbons (Fsp3) is 0.467. The number of benzene rings is 1. The van der Waals surface area contributed by atoms with E-state index in [4.69, 9.17) is 4.74 Å². The Morgan fingerprint density at radius 3 is 3.00 bits per heavy atom. The summed E-state index contributed by atoms with van der Waals surface area (Å²) in [5.41, 5.74) is 1.41. The molecule has 2 aromatic rings. The molecule has 1 atom stereocenters. The van der Waals surface area contributed by atoms with Crippen LogP contribution in [-0.4, -0.2) is 41.0 Å². The van der Waals surface area contributed by atoms with Gasteiger partial charge in [-0.05, 0) is 39.1 Å². The molecule has 0 aliphatic carbocycles. The van der Waals surface area contributed by atoms with Crippen LogP contribution in [-0.2, 0) is 9.53 Å². The number of hydrogen-bond acceptors (Lipinski definition) is 4. The van der Waals surface area contributed by atoms with Crippen LogP contribution in [0.15, 0.2) is 18.2 Å². The van der Waals surface area contributed by atoms with Gasteiger partial charge in [0.25, 0.3) is 0 Å². The Labute approximate surface area is 123 Å². The molecule has 1 N–H and O–H groups in total. The third-order valence-corrected chi connectivity index (χ3v) is 3.49. The van der Waals surface area contributed by atoms with E-state index in [9.17, 15) is 9.18 Å². The van der Waals surface area contributed by atoms with Crippen molar-refractivity contribution in [2.75, 3.05) is 20.2 Å². The lowest BCUT2D eigenvalue weighted by Gasteiger charge is -2.22. The van der Waals surface area contributed by atoms with Gasteiger partial charge in [0.2, 0.25) is 0 Å². The van der Waals surface area contributed by atoms with E-state index >= 15 is 0 Å². The number of aromatic nitrogens is 2. The van der Waals surface area contributed by atoms with Crippen LogP contribution in [0.25, 0.3) is 11.0 Å². The third-order valence-electron chi connectivity index (χ3n) is 3.49. The van der Waals surface area contributed by atoms with Crippen LogP contribution in [0.4, 0.5) is 4.39 Å². The van der Waals surface area contributed by atoms with Gasteiger partial charge >= 0.3 is 5.97 Å². The highest BCUT2D eigenvalue weighted by Crippen LogP contribution is 2.20. The summed E-state index contributed by atoms with van der Waals surface area (Å²) in [6, 6.07) is 4.46. The first kappa shape index (κ1) is 15.4. The molecule has 1 aromatic carbocycles. The number of carbonyl (C=O) groups excluding carboxylic acids is 1. The van der Waals surface area contributed by atoms with E-state index in [1.54, 1.807) is 13.0 Å².